The van der Waals surface area contributed by atoms with Gasteiger partial charge in [-0.25, -0.2) is 0 Å². The van der Waals surface area contributed by atoms with Crippen molar-refractivity contribution < 1.29 is 4.74 Å². The molecule has 1 aromatic rings. The Morgan fingerprint density at radius 2 is 2.21 bits per heavy atom. The molecule has 0 aromatic heterocycles. The number of benzene rings is 1. The van der Waals surface area contributed by atoms with E-state index in [2.05, 4.69) is 11.7 Å². The Morgan fingerprint density at radius 3 is 2.71 bits per heavy atom. The van der Waals surface area contributed by atoms with E-state index in [0.717, 1.165) is 17.0 Å². The molecular weight excluding hydrogens is 174 g/mol. The van der Waals surface area contributed by atoms with Gasteiger partial charge in [0, 0.05) is 5.56 Å². The molecule has 0 atom stereocenters. The highest BCUT2D eigenvalue weighted by atomic mass is 16.5. The second-order valence-electron chi connectivity index (χ2n) is 3.01. The van der Waals surface area contributed by atoms with Gasteiger partial charge in [-0.3, -0.25) is 4.99 Å². The molecule has 0 aliphatic heterocycles. The van der Waals surface area contributed by atoms with Crippen LogP contribution in [-0.4, -0.2) is 13.8 Å². The quantitative estimate of drug-likeness (QED) is 0.667. The number of ether oxygens (including phenoxy) is 1. The average molecular weight is 189 g/mol. The van der Waals surface area contributed by atoms with E-state index in [1.807, 2.05) is 38.1 Å². The van der Waals surface area contributed by atoms with Gasteiger partial charge in [0.2, 0.25) is 0 Å². The van der Waals surface area contributed by atoms with E-state index in [1.165, 1.54) is 5.57 Å². The lowest BCUT2D eigenvalue weighted by Gasteiger charge is -2.07. The molecular formula is C12H15NO. The number of methoxy groups -OCH3 is 1. The van der Waals surface area contributed by atoms with E-state index in [0.29, 0.717) is 0 Å². The number of hydrogen-bond acceptors (Lipinski definition) is 2. The lowest BCUT2D eigenvalue weighted by molar-refractivity contribution is 0.414. The lowest BCUT2D eigenvalue weighted by Crippen LogP contribution is -1.86. The molecule has 1 rings (SSSR count). The van der Waals surface area contributed by atoms with Gasteiger partial charge in [0.25, 0.3) is 0 Å². The van der Waals surface area contributed by atoms with E-state index < -0.39 is 0 Å². The third kappa shape index (κ3) is 2.02. The standard InChI is InChI=1S/C12H15NO/c1-5-9(2)11-8-10(14-4)6-7-12(11)13-3/h5-8H,3H2,1-2,4H3/b9-5-. The molecule has 0 amide bonds. The molecule has 0 saturated carbocycles. The monoisotopic (exact) mass is 189 g/mol. The minimum atomic E-state index is 0.841. The minimum absolute atomic E-state index is 0.841. The minimum Gasteiger partial charge on any atom is -0.497 e. The molecule has 0 unspecified atom stereocenters. The maximum absolute atomic E-state index is 5.16. The molecule has 0 spiro atoms. The van der Waals surface area contributed by atoms with Gasteiger partial charge >= 0.3 is 0 Å². The number of allylic oxidation sites excluding steroid dienone is 2. The Balaban J connectivity index is 3.28. The molecule has 0 saturated heterocycles. The summed E-state index contributed by atoms with van der Waals surface area (Å²) in [5.41, 5.74) is 3.13. The first-order chi connectivity index (χ1) is 6.72. The summed E-state index contributed by atoms with van der Waals surface area (Å²) in [6.45, 7) is 7.59. The van der Waals surface area contributed by atoms with Gasteiger partial charge in [-0.05, 0) is 44.3 Å². The second-order valence-corrected chi connectivity index (χ2v) is 3.01. The van der Waals surface area contributed by atoms with E-state index >= 15 is 0 Å². The van der Waals surface area contributed by atoms with Gasteiger partial charge < -0.3 is 4.74 Å². The molecule has 0 bridgehead atoms. The third-order valence-corrected chi connectivity index (χ3v) is 2.23. The fourth-order valence-electron chi connectivity index (χ4n) is 1.25. The average Bonchev–Trinajstić information content (AvgIpc) is 2.27. The molecule has 0 heterocycles. The van der Waals surface area contributed by atoms with Crippen LogP contribution in [0.5, 0.6) is 5.75 Å². The van der Waals surface area contributed by atoms with Crippen LogP contribution in [0.2, 0.25) is 0 Å². The van der Waals surface area contributed by atoms with Crippen LogP contribution in [-0.2, 0) is 0 Å². The van der Waals surface area contributed by atoms with Crippen molar-refractivity contribution in [1.82, 2.24) is 0 Å². The van der Waals surface area contributed by atoms with Gasteiger partial charge in [0.15, 0.2) is 0 Å². The van der Waals surface area contributed by atoms with E-state index in [4.69, 9.17) is 4.74 Å². The predicted molar refractivity (Wildman–Crippen MR) is 61.5 cm³/mol. The molecule has 14 heavy (non-hydrogen) atoms. The van der Waals surface area contributed by atoms with Crippen molar-refractivity contribution in [3.05, 3.63) is 29.8 Å². The molecule has 2 heteroatoms. The fraction of sp³-hybridized carbons (Fsp3) is 0.250. The fourth-order valence-corrected chi connectivity index (χ4v) is 1.25. The van der Waals surface area contributed by atoms with Gasteiger partial charge in [0.1, 0.15) is 5.75 Å². The zero-order chi connectivity index (χ0) is 10.6. The summed E-state index contributed by atoms with van der Waals surface area (Å²) < 4.78 is 5.16. The molecule has 0 radical (unpaired) electrons. The third-order valence-electron chi connectivity index (χ3n) is 2.23. The Bertz CT molecular complexity index is 367. The van der Waals surface area contributed by atoms with E-state index in [-0.39, 0.29) is 0 Å². The zero-order valence-corrected chi connectivity index (χ0v) is 8.87. The first kappa shape index (κ1) is 10.5. The highest BCUT2D eigenvalue weighted by molar-refractivity contribution is 5.75. The summed E-state index contributed by atoms with van der Waals surface area (Å²) in [7, 11) is 1.66. The summed E-state index contributed by atoms with van der Waals surface area (Å²) in [6, 6.07) is 5.77. The van der Waals surface area contributed by atoms with Crippen molar-refractivity contribution in [3.63, 3.8) is 0 Å². The smallest absolute Gasteiger partial charge is 0.119 e. The normalized spacial score (nSPS) is 11.2. The number of hydrogen-bond donors (Lipinski definition) is 0. The summed E-state index contributed by atoms with van der Waals surface area (Å²) in [5.74, 6) is 0.841. The molecule has 2 nitrogen and oxygen atoms in total. The number of rotatable bonds is 3. The Morgan fingerprint density at radius 1 is 1.50 bits per heavy atom. The van der Waals surface area contributed by atoms with Crippen LogP contribution < -0.4 is 4.74 Å². The van der Waals surface area contributed by atoms with Crippen LogP contribution >= 0.6 is 0 Å². The van der Waals surface area contributed by atoms with Crippen LogP contribution in [0.1, 0.15) is 19.4 Å². The van der Waals surface area contributed by atoms with E-state index in [1.54, 1.807) is 7.11 Å². The van der Waals surface area contributed by atoms with Crippen LogP contribution in [0.4, 0.5) is 5.69 Å². The molecule has 74 valence electrons. The first-order valence-corrected chi connectivity index (χ1v) is 4.51. The Hall–Kier alpha value is -1.57. The molecule has 0 aliphatic carbocycles. The molecule has 0 aliphatic rings. The van der Waals surface area contributed by atoms with Crippen molar-refractivity contribution in [2.75, 3.05) is 7.11 Å². The first-order valence-electron chi connectivity index (χ1n) is 4.51. The molecule has 0 N–H and O–H groups in total. The van der Waals surface area contributed by atoms with Crippen molar-refractivity contribution in [2.24, 2.45) is 4.99 Å². The van der Waals surface area contributed by atoms with Gasteiger partial charge in [-0.15, -0.1) is 0 Å². The predicted octanol–water partition coefficient (Wildman–Crippen LogP) is 3.45. The molecule has 1 aromatic carbocycles. The van der Waals surface area contributed by atoms with Crippen LogP contribution in [0, 0.1) is 0 Å². The van der Waals surface area contributed by atoms with Gasteiger partial charge in [-0.2, -0.15) is 0 Å². The zero-order valence-electron chi connectivity index (χ0n) is 8.87. The van der Waals surface area contributed by atoms with Crippen molar-refractivity contribution in [1.29, 1.82) is 0 Å². The maximum atomic E-state index is 5.16. The summed E-state index contributed by atoms with van der Waals surface area (Å²) in [4.78, 5) is 3.97. The van der Waals surface area contributed by atoms with Crippen molar-refractivity contribution in [2.45, 2.75) is 13.8 Å². The number of nitrogens with zero attached hydrogens (tertiary/aromatic N) is 1. The van der Waals surface area contributed by atoms with Crippen LogP contribution in [0.3, 0.4) is 0 Å². The Kier molecular flexibility index (Phi) is 3.46. The highest BCUT2D eigenvalue weighted by Crippen LogP contribution is 2.29. The molecule has 0 fully saturated rings. The van der Waals surface area contributed by atoms with Crippen molar-refractivity contribution in [3.8, 4) is 5.75 Å². The van der Waals surface area contributed by atoms with Crippen LogP contribution in [0.15, 0.2) is 29.3 Å². The number of aliphatic imine (C=N–C) groups is 1. The van der Waals surface area contributed by atoms with Gasteiger partial charge in [-0.1, -0.05) is 6.08 Å². The highest BCUT2D eigenvalue weighted by Gasteiger charge is 2.03. The maximum Gasteiger partial charge on any atom is 0.119 e. The second kappa shape index (κ2) is 4.61. The van der Waals surface area contributed by atoms with E-state index in [9.17, 15) is 0 Å². The topological polar surface area (TPSA) is 21.6 Å². The summed E-state index contributed by atoms with van der Waals surface area (Å²) in [5, 5.41) is 0. The van der Waals surface area contributed by atoms with Crippen molar-refractivity contribution >= 4 is 18.0 Å². The summed E-state index contributed by atoms with van der Waals surface area (Å²) in [6.07, 6.45) is 2.05. The largest absolute Gasteiger partial charge is 0.497 e. The van der Waals surface area contributed by atoms with Gasteiger partial charge in [0.05, 0.1) is 12.8 Å². The summed E-state index contributed by atoms with van der Waals surface area (Å²) >= 11 is 0. The SMILES string of the molecule is C=Nc1ccc(OC)cc1/C(C)=C\C. The Labute approximate surface area is 84.9 Å². The lowest BCUT2D eigenvalue weighted by atomic mass is 10.0. The van der Waals surface area contributed by atoms with Crippen LogP contribution in [0.25, 0.3) is 5.57 Å².